The van der Waals surface area contributed by atoms with Gasteiger partial charge >= 0.3 is 6.18 Å². The number of aliphatic hydroxyl groups is 2. The molecule has 0 aromatic heterocycles. The molecule has 3 N–H and O–H groups in total. The average Bonchev–Trinajstić information content (AvgIpc) is 3.06. The van der Waals surface area contributed by atoms with Crippen LogP contribution in [0.3, 0.4) is 0 Å². The van der Waals surface area contributed by atoms with Crippen molar-refractivity contribution in [3.8, 4) is 5.75 Å². The summed E-state index contributed by atoms with van der Waals surface area (Å²) >= 11 is 0. The SMILES string of the molecule is C=C[C@@]12CCc3cc(O)ccc3C1[C@@H](CCCCC[C@H](O)C(F)(F)F)C[C@@]1(C)C2CC[C@@H]1O. The second-order valence-electron chi connectivity index (χ2n) is 11.0. The molecule has 33 heavy (non-hydrogen) atoms. The number of fused-ring (bicyclic) bond motifs is 5. The molecule has 0 saturated heterocycles. The first-order valence-corrected chi connectivity index (χ1v) is 12.4. The number of unbranched alkanes of at least 4 members (excludes halogenated alkanes) is 2. The smallest absolute Gasteiger partial charge is 0.414 e. The standard InChI is InChI=1S/C27H37F3O3/c1-3-26-14-13-17-15-19(31)9-10-20(17)24(26)18(16-25(2)21(26)11-12-22(25)32)7-5-4-6-8-23(33)27(28,29)30/h3,9-10,15,18,21-24,31-33H,1,4-8,11-14,16H2,2H3/t18-,21?,22-,23-,24?,25-,26-/m0/s1. The minimum absolute atomic E-state index is 0.119. The second-order valence-corrected chi connectivity index (χ2v) is 11.0. The highest BCUT2D eigenvalue weighted by Crippen LogP contribution is 2.69. The highest BCUT2D eigenvalue weighted by molar-refractivity contribution is 5.43. The Morgan fingerprint density at radius 3 is 2.67 bits per heavy atom. The Morgan fingerprint density at radius 1 is 1.21 bits per heavy atom. The van der Waals surface area contributed by atoms with E-state index in [0.29, 0.717) is 18.8 Å². The van der Waals surface area contributed by atoms with Gasteiger partial charge in [-0.2, -0.15) is 13.2 Å². The Kier molecular flexibility index (Phi) is 6.65. The molecule has 0 aliphatic heterocycles. The molecule has 0 radical (unpaired) electrons. The molecule has 184 valence electrons. The summed E-state index contributed by atoms with van der Waals surface area (Å²) in [6.07, 6.45) is 1.89. The Bertz CT molecular complexity index is 869. The molecule has 6 heteroatoms. The number of halogens is 3. The molecule has 3 aliphatic rings. The number of aromatic hydroxyl groups is 1. The van der Waals surface area contributed by atoms with E-state index in [1.54, 1.807) is 6.07 Å². The highest BCUT2D eigenvalue weighted by Gasteiger charge is 2.63. The molecule has 0 spiro atoms. The van der Waals surface area contributed by atoms with E-state index in [0.717, 1.165) is 44.9 Å². The van der Waals surface area contributed by atoms with E-state index in [1.807, 2.05) is 12.1 Å². The number of rotatable bonds is 7. The van der Waals surface area contributed by atoms with Crippen molar-refractivity contribution in [3.05, 3.63) is 42.0 Å². The lowest BCUT2D eigenvalue weighted by Crippen LogP contribution is -2.54. The fourth-order valence-electron chi connectivity index (χ4n) is 7.78. The fraction of sp³-hybridized carbons (Fsp3) is 0.704. The number of benzene rings is 1. The topological polar surface area (TPSA) is 60.7 Å². The number of phenols is 1. The zero-order valence-corrected chi connectivity index (χ0v) is 19.4. The van der Waals surface area contributed by atoms with E-state index in [1.165, 1.54) is 11.1 Å². The van der Waals surface area contributed by atoms with Crippen LogP contribution in [-0.2, 0) is 6.42 Å². The van der Waals surface area contributed by atoms with Gasteiger partial charge in [-0.3, -0.25) is 0 Å². The Hall–Kier alpha value is -1.53. The lowest BCUT2D eigenvalue weighted by molar-refractivity contribution is -0.205. The van der Waals surface area contributed by atoms with Crippen LogP contribution in [0, 0.1) is 22.7 Å². The summed E-state index contributed by atoms with van der Waals surface area (Å²) < 4.78 is 37.8. The number of hydrogen-bond acceptors (Lipinski definition) is 3. The van der Waals surface area contributed by atoms with Gasteiger partial charge in [0, 0.05) is 0 Å². The van der Waals surface area contributed by atoms with Gasteiger partial charge in [-0.25, -0.2) is 0 Å². The van der Waals surface area contributed by atoms with Crippen LogP contribution in [0.4, 0.5) is 13.2 Å². The van der Waals surface area contributed by atoms with E-state index >= 15 is 0 Å². The number of hydrogen-bond donors (Lipinski definition) is 3. The summed E-state index contributed by atoms with van der Waals surface area (Å²) in [6, 6.07) is 5.67. The maximum atomic E-state index is 12.6. The fourth-order valence-corrected chi connectivity index (χ4v) is 7.78. The molecular formula is C27H37F3O3. The Balaban J connectivity index is 1.57. The van der Waals surface area contributed by atoms with Gasteiger partial charge in [0.1, 0.15) is 11.9 Å². The first-order chi connectivity index (χ1) is 15.5. The molecule has 2 saturated carbocycles. The molecule has 1 aromatic rings. The normalized spacial score (nSPS) is 36.5. The van der Waals surface area contributed by atoms with Crippen LogP contribution in [0.5, 0.6) is 5.75 Å². The number of aryl methyl sites for hydroxylation is 1. The van der Waals surface area contributed by atoms with Crippen molar-refractivity contribution in [2.45, 2.75) is 95.4 Å². The van der Waals surface area contributed by atoms with Crippen LogP contribution in [0.25, 0.3) is 0 Å². The minimum atomic E-state index is -4.55. The van der Waals surface area contributed by atoms with Crippen molar-refractivity contribution in [1.29, 1.82) is 0 Å². The van der Waals surface area contributed by atoms with Gasteiger partial charge in [0.25, 0.3) is 0 Å². The zero-order valence-electron chi connectivity index (χ0n) is 19.4. The van der Waals surface area contributed by atoms with Crippen LogP contribution in [0.2, 0.25) is 0 Å². The van der Waals surface area contributed by atoms with Crippen molar-refractivity contribution in [2.75, 3.05) is 0 Å². The molecule has 1 aromatic carbocycles. The van der Waals surface area contributed by atoms with Crippen molar-refractivity contribution in [1.82, 2.24) is 0 Å². The molecule has 3 nitrogen and oxygen atoms in total. The maximum Gasteiger partial charge on any atom is 0.414 e. The maximum absolute atomic E-state index is 12.6. The molecular weight excluding hydrogens is 429 g/mol. The Labute approximate surface area is 194 Å². The summed E-state index contributed by atoms with van der Waals surface area (Å²) in [5.74, 6) is 1.15. The van der Waals surface area contributed by atoms with Crippen molar-refractivity contribution in [3.63, 3.8) is 0 Å². The van der Waals surface area contributed by atoms with Gasteiger partial charge in [-0.1, -0.05) is 38.3 Å². The van der Waals surface area contributed by atoms with E-state index in [2.05, 4.69) is 19.6 Å². The molecule has 0 amide bonds. The molecule has 2 unspecified atom stereocenters. The van der Waals surface area contributed by atoms with Gasteiger partial charge in [0.2, 0.25) is 0 Å². The van der Waals surface area contributed by atoms with Gasteiger partial charge in [-0.05, 0) is 96.8 Å². The van der Waals surface area contributed by atoms with Crippen molar-refractivity contribution in [2.24, 2.45) is 22.7 Å². The zero-order chi connectivity index (χ0) is 24.0. The number of phenolic OH excluding ortho intramolecular Hbond substituents is 1. The third-order valence-corrected chi connectivity index (χ3v) is 9.29. The second kappa shape index (κ2) is 8.92. The van der Waals surface area contributed by atoms with Crippen LogP contribution in [0.1, 0.15) is 81.8 Å². The van der Waals surface area contributed by atoms with Gasteiger partial charge in [-0.15, -0.1) is 6.58 Å². The Morgan fingerprint density at radius 2 is 1.97 bits per heavy atom. The quantitative estimate of drug-likeness (QED) is 0.328. The van der Waals surface area contributed by atoms with Crippen LogP contribution < -0.4 is 0 Å². The van der Waals surface area contributed by atoms with E-state index < -0.39 is 12.3 Å². The first kappa shape index (κ1) is 24.6. The molecule has 4 rings (SSSR count). The molecule has 0 heterocycles. The molecule has 0 bridgehead atoms. The summed E-state index contributed by atoms with van der Waals surface area (Å²) in [5, 5.41) is 30.3. The van der Waals surface area contributed by atoms with Crippen molar-refractivity contribution < 1.29 is 28.5 Å². The lowest BCUT2D eigenvalue weighted by atomic mass is 9.44. The third-order valence-electron chi connectivity index (χ3n) is 9.29. The largest absolute Gasteiger partial charge is 0.508 e. The highest BCUT2D eigenvalue weighted by atomic mass is 19.4. The molecule has 7 atom stereocenters. The third kappa shape index (κ3) is 4.22. The summed E-state index contributed by atoms with van der Waals surface area (Å²) in [5.41, 5.74) is 2.14. The number of allylic oxidation sites excluding steroid dienone is 1. The summed E-state index contributed by atoms with van der Waals surface area (Å²) in [7, 11) is 0. The van der Waals surface area contributed by atoms with Gasteiger partial charge < -0.3 is 15.3 Å². The van der Waals surface area contributed by atoms with Crippen LogP contribution in [-0.4, -0.2) is 33.7 Å². The summed E-state index contributed by atoms with van der Waals surface area (Å²) in [4.78, 5) is 0. The molecule has 2 fully saturated rings. The molecule has 3 aliphatic carbocycles. The van der Waals surface area contributed by atoms with Crippen LogP contribution in [0.15, 0.2) is 30.9 Å². The summed E-state index contributed by atoms with van der Waals surface area (Å²) in [6.45, 7) is 6.51. The lowest BCUT2D eigenvalue weighted by Gasteiger charge is -2.60. The predicted octanol–water partition coefficient (Wildman–Crippen LogP) is 6.27. The number of aliphatic hydroxyl groups excluding tert-OH is 2. The average molecular weight is 467 g/mol. The van der Waals surface area contributed by atoms with Gasteiger partial charge in [0.05, 0.1) is 6.10 Å². The predicted molar refractivity (Wildman–Crippen MR) is 122 cm³/mol. The number of alkyl halides is 3. The first-order valence-electron chi connectivity index (χ1n) is 12.4. The van der Waals surface area contributed by atoms with Crippen LogP contribution >= 0.6 is 0 Å². The van der Waals surface area contributed by atoms with E-state index in [4.69, 9.17) is 0 Å². The monoisotopic (exact) mass is 466 g/mol. The minimum Gasteiger partial charge on any atom is -0.508 e. The van der Waals surface area contributed by atoms with E-state index in [9.17, 15) is 28.5 Å². The van der Waals surface area contributed by atoms with Gasteiger partial charge in [0.15, 0.2) is 0 Å². The van der Waals surface area contributed by atoms with E-state index in [-0.39, 0.29) is 40.9 Å². The van der Waals surface area contributed by atoms with Crippen molar-refractivity contribution >= 4 is 0 Å².